The van der Waals surface area contributed by atoms with E-state index >= 15 is 0 Å². The molecule has 2 N–H and O–H groups in total. The summed E-state index contributed by atoms with van der Waals surface area (Å²) in [6.45, 7) is 3.31. The van der Waals surface area contributed by atoms with E-state index in [1.54, 1.807) is 36.4 Å². The van der Waals surface area contributed by atoms with Gasteiger partial charge in [-0.1, -0.05) is 65.7 Å². The maximum absolute atomic E-state index is 13.4. The van der Waals surface area contributed by atoms with E-state index in [4.69, 9.17) is 4.42 Å². The normalized spacial score (nSPS) is 12.2. The number of aryl methyl sites for hydroxylation is 2. The monoisotopic (exact) mass is 608 g/mol. The van der Waals surface area contributed by atoms with Crippen molar-refractivity contribution < 1.29 is 26.0 Å². The number of hydrogen-bond donors (Lipinski definition) is 2. The van der Waals surface area contributed by atoms with Crippen LogP contribution in [-0.2, 0) is 37.8 Å². The molecular weight excluding hydrogens is 576 g/mol. The fourth-order valence-corrected chi connectivity index (χ4v) is 6.32. The van der Waals surface area contributed by atoms with Gasteiger partial charge in [-0.3, -0.25) is 4.79 Å². The van der Waals surface area contributed by atoms with Gasteiger partial charge in [-0.2, -0.15) is 9.41 Å². The second-order valence-electron chi connectivity index (χ2n) is 9.62. The van der Waals surface area contributed by atoms with Crippen molar-refractivity contribution in [1.82, 2.24) is 14.5 Å². The molecule has 1 aromatic heterocycles. The Morgan fingerprint density at radius 1 is 0.833 bits per heavy atom. The third-order valence-corrected chi connectivity index (χ3v) is 9.58. The molecule has 0 aliphatic heterocycles. The number of rotatable bonds is 13. The molecule has 10 nitrogen and oxygen atoms in total. The fourth-order valence-electron chi connectivity index (χ4n) is 3.93. The van der Waals surface area contributed by atoms with Crippen LogP contribution in [0, 0.1) is 13.8 Å². The van der Waals surface area contributed by atoms with Crippen molar-refractivity contribution in [2.45, 2.75) is 36.6 Å². The minimum Gasteiger partial charge on any atom is -0.459 e. The van der Waals surface area contributed by atoms with Crippen LogP contribution in [0.3, 0.4) is 0 Å². The Morgan fingerprint density at radius 2 is 1.45 bits per heavy atom. The smallest absolute Gasteiger partial charge is 0.255 e. The highest BCUT2D eigenvalue weighted by atomic mass is 32.2. The predicted molar refractivity (Wildman–Crippen MR) is 160 cm³/mol. The van der Waals surface area contributed by atoms with Crippen molar-refractivity contribution in [3.8, 4) is 0 Å². The zero-order valence-corrected chi connectivity index (χ0v) is 24.9. The molecule has 0 atom stereocenters. The largest absolute Gasteiger partial charge is 0.459 e. The minimum absolute atomic E-state index is 0.0797. The number of benzene rings is 3. The first-order valence-corrected chi connectivity index (χ1v) is 16.0. The number of amides is 1. The summed E-state index contributed by atoms with van der Waals surface area (Å²) in [5.41, 5.74) is 5.14. The van der Waals surface area contributed by atoms with Crippen LogP contribution in [0.1, 0.15) is 28.2 Å². The van der Waals surface area contributed by atoms with Crippen molar-refractivity contribution in [1.29, 1.82) is 0 Å². The topological polar surface area (TPSA) is 138 Å². The Kier molecular flexibility index (Phi) is 10.1. The second kappa shape index (κ2) is 13.7. The number of nitrogens with one attached hydrogen (secondary N) is 2. The molecular formula is C30H32N4O6S2. The van der Waals surface area contributed by atoms with Crippen molar-refractivity contribution in [3.63, 3.8) is 0 Å². The van der Waals surface area contributed by atoms with E-state index in [1.807, 2.05) is 44.2 Å². The number of hydrazone groups is 1. The van der Waals surface area contributed by atoms with Gasteiger partial charge < -0.3 is 4.42 Å². The van der Waals surface area contributed by atoms with Crippen molar-refractivity contribution in [3.05, 3.63) is 119 Å². The van der Waals surface area contributed by atoms with E-state index in [0.717, 1.165) is 21.0 Å². The molecule has 1 heterocycles. The molecule has 3 aromatic carbocycles. The van der Waals surface area contributed by atoms with Crippen LogP contribution in [0.4, 0.5) is 0 Å². The molecule has 0 aliphatic rings. The highest BCUT2D eigenvalue weighted by Gasteiger charge is 2.26. The number of nitrogens with zero attached hydrogens (tertiary/aromatic N) is 2. The molecule has 0 spiro atoms. The molecule has 12 heteroatoms. The van der Waals surface area contributed by atoms with Gasteiger partial charge in [0.25, 0.3) is 5.91 Å². The average Bonchev–Trinajstić information content (AvgIpc) is 3.43. The predicted octanol–water partition coefficient (Wildman–Crippen LogP) is 3.76. The van der Waals surface area contributed by atoms with Crippen LogP contribution < -0.4 is 10.1 Å². The Balaban J connectivity index is 1.36. The summed E-state index contributed by atoms with van der Waals surface area (Å²) in [5, 5.41) is 3.88. The Bertz CT molecular complexity index is 1730. The summed E-state index contributed by atoms with van der Waals surface area (Å²) >= 11 is 0. The van der Waals surface area contributed by atoms with Gasteiger partial charge in [0.15, 0.2) is 0 Å². The molecule has 1 amide bonds. The zero-order valence-electron chi connectivity index (χ0n) is 23.2. The Morgan fingerprint density at radius 3 is 2.10 bits per heavy atom. The molecule has 0 saturated heterocycles. The van der Waals surface area contributed by atoms with Crippen LogP contribution in [0.25, 0.3) is 0 Å². The fraction of sp³-hybridized carbons (Fsp3) is 0.200. The molecule has 220 valence electrons. The standard InChI is InChI=1S/C30H32N4O6S2/c1-23-8-14-28(15-9-23)41(36,37)32-21-27-13-12-26(40-27)20-31-33-30(35)22-34(19-18-25-6-4-3-5-7-25)42(38,39)29-16-10-24(2)11-17-29/h3-17,20,32H,18-19,21-22H2,1-2H3,(H,33,35)/b31-20-. The third-order valence-electron chi connectivity index (χ3n) is 6.30. The summed E-state index contributed by atoms with van der Waals surface area (Å²) in [7, 11) is -7.67. The minimum atomic E-state index is -3.95. The highest BCUT2D eigenvalue weighted by Crippen LogP contribution is 2.17. The maximum Gasteiger partial charge on any atom is 0.255 e. The Hall–Kier alpha value is -4.10. The van der Waals surface area contributed by atoms with E-state index in [9.17, 15) is 21.6 Å². The van der Waals surface area contributed by atoms with E-state index in [0.29, 0.717) is 12.2 Å². The van der Waals surface area contributed by atoms with Crippen molar-refractivity contribution >= 4 is 32.2 Å². The van der Waals surface area contributed by atoms with E-state index in [1.165, 1.54) is 30.5 Å². The first-order chi connectivity index (χ1) is 20.0. The molecule has 0 bridgehead atoms. The molecule has 42 heavy (non-hydrogen) atoms. The van der Waals surface area contributed by atoms with Gasteiger partial charge in [0, 0.05) is 6.54 Å². The quantitative estimate of drug-likeness (QED) is 0.175. The highest BCUT2D eigenvalue weighted by molar-refractivity contribution is 7.89. The second-order valence-corrected chi connectivity index (χ2v) is 13.3. The number of carbonyl (C=O) groups is 1. The summed E-state index contributed by atoms with van der Waals surface area (Å²) < 4.78 is 60.9. The van der Waals surface area contributed by atoms with Gasteiger partial charge in [-0.05, 0) is 62.2 Å². The first-order valence-electron chi connectivity index (χ1n) is 13.1. The van der Waals surface area contributed by atoms with Gasteiger partial charge >= 0.3 is 0 Å². The summed E-state index contributed by atoms with van der Waals surface area (Å²) in [5.74, 6) is -0.0181. The van der Waals surface area contributed by atoms with Crippen LogP contribution in [-0.4, -0.2) is 46.4 Å². The van der Waals surface area contributed by atoms with Gasteiger partial charge in [0.1, 0.15) is 11.5 Å². The van der Waals surface area contributed by atoms with Crippen molar-refractivity contribution in [2.75, 3.05) is 13.1 Å². The molecule has 0 fully saturated rings. The summed E-state index contributed by atoms with van der Waals surface area (Å²) in [6.07, 6.45) is 1.67. The van der Waals surface area contributed by atoms with E-state index < -0.39 is 32.5 Å². The lowest BCUT2D eigenvalue weighted by atomic mass is 10.1. The van der Waals surface area contributed by atoms with Gasteiger partial charge in [0.2, 0.25) is 20.0 Å². The average molecular weight is 609 g/mol. The van der Waals surface area contributed by atoms with Crippen LogP contribution in [0.2, 0.25) is 0 Å². The van der Waals surface area contributed by atoms with Crippen LogP contribution in [0.15, 0.2) is 110 Å². The maximum atomic E-state index is 13.4. The summed E-state index contributed by atoms with van der Waals surface area (Å²) in [6, 6.07) is 25.5. The number of carbonyl (C=O) groups excluding carboxylic acids is 1. The zero-order chi connectivity index (χ0) is 30.2. The molecule has 0 aliphatic carbocycles. The van der Waals surface area contributed by atoms with Crippen molar-refractivity contribution in [2.24, 2.45) is 5.10 Å². The molecule has 0 saturated carbocycles. The molecule has 0 radical (unpaired) electrons. The molecule has 4 aromatic rings. The van der Waals surface area contributed by atoms with Crippen LogP contribution >= 0.6 is 0 Å². The lowest BCUT2D eigenvalue weighted by molar-refractivity contribution is -0.121. The van der Waals surface area contributed by atoms with Gasteiger partial charge in [-0.25, -0.2) is 27.0 Å². The third kappa shape index (κ3) is 8.46. The lowest BCUT2D eigenvalue weighted by Gasteiger charge is -2.21. The van der Waals surface area contributed by atoms with Gasteiger partial charge in [0.05, 0.1) is 29.1 Å². The van der Waals surface area contributed by atoms with Gasteiger partial charge in [-0.15, -0.1) is 0 Å². The Labute approximate surface area is 246 Å². The van der Waals surface area contributed by atoms with Crippen LogP contribution in [0.5, 0.6) is 0 Å². The van der Waals surface area contributed by atoms with E-state index in [-0.39, 0.29) is 28.6 Å². The number of sulfonamides is 2. The van der Waals surface area contributed by atoms with E-state index in [2.05, 4.69) is 15.2 Å². The number of furan rings is 1. The molecule has 0 unspecified atom stereocenters. The first kappa shape index (κ1) is 30.8. The molecule has 4 rings (SSSR count). The SMILES string of the molecule is Cc1ccc(S(=O)(=O)NCc2ccc(/C=N\NC(=O)CN(CCc3ccccc3)S(=O)(=O)c3ccc(C)cc3)o2)cc1. The number of hydrogen-bond acceptors (Lipinski definition) is 7. The summed E-state index contributed by atoms with van der Waals surface area (Å²) in [4.78, 5) is 13.0. The lowest BCUT2D eigenvalue weighted by Crippen LogP contribution is -2.40.